The van der Waals surface area contributed by atoms with Crippen LogP contribution in [0, 0.1) is 0 Å². The fourth-order valence-electron chi connectivity index (χ4n) is 6.30. The summed E-state index contributed by atoms with van der Waals surface area (Å²) in [6.45, 7) is 7.12. The van der Waals surface area contributed by atoms with E-state index in [-0.39, 0.29) is 0 Å². The first-order valence-electron chi connectivity index (χ1n) is 16.0. The van der Waals surface area contributed by atoms with E-state index in [9.17, 15) is 4.79 Å². The van der Waals surface area contributed by atoms with E-state index in [1.807, 2.05) is 55.6 Å². The Morgan fingerprint density at radius 2 is 1.72 bits per heavy atom. The Labute approximate surface area is 271 Å². The number of carbonyl (C=O) groups excluding carboxylic acids is 1. The van der Waals surface area contributed by atoms with Crippen molar-refractivity contribution in [3.05, 3.63) is 84.1 Å². The molecule has 240 valence electrons. The van der Waals surface area contributed by atoms with E-state index < -0.39 is 0 Å². The summed E-state index contributed by atoms with van der Waals surface area (Å²) in [5, 5.41) is 6.51. The van der Waals surface area contributed by atoms with Gasteiger partial charge in [0.15, 0.2) is 6.29 Å². The molecular formula is C36H43N7O3. The molecule has 0 aliphatic carbocycles. The number of anilines is 4. The number of piperidine rings is 1. The average Bonchev–Trinajstić information content (AvgIpc) is 3.11. The van der Waals surface area contributed by atoms with E-state index >= 15 is 0 Å². The molecule has 1 aromatic heterocycles. The number of hydrogen-bond donors (Lipinski definition) is 2. The van der Waals surface area contributed by atoms with Gasteiger partial charge in [-0.2, -0.15) is 4.98 Å². The molecule has 10 heteroatoms. The summed E-state index contributed by atoms with van der Waals surface area (Å²) >= 11 is 0. The summed E-state index contributed by atoms with van der Waals surface area (Å²) in [6.07, 6.45) is 4.92. The number of piperazine rings is 1. The van der Waals surface area contributed by atoms with Crippen molar-refractivity contribution in [2.24, 2.45) is 0 Å². The number of nitrogens with zero attached hydrogens (tertiary/aromatic N) is 5. The second-order valence-corrected chi connectivity index (χ2v) is 11.9. The second-order valence-electron chi connectivity index (χ2n) is 11.9. The lowest BCUT2D eigenvalue weighted by molar-refractivity contribution is 0.0982. The molecule has 2 N–H and O–H groups in total. The van der Waals surface area contributed by atoms with Gasteiger partial charge in [0.05, 0.1) is 18.4 Å². The highest BCUT2D eigenvalue weighted by Crippen LogP contribution is 2.35. The molecule has 4 aromatic rings. The van der Waals surface area contributed by atoms with Gasteiger partial charge in [-0.25, -0.2) is 4.98 Å². The molecule has 0 bridgehead atoms. The summed E-state index contributed by atoms with van der Waals surface area (Å²) in [6, 6.07) is 22.3. The Kier molecular flexibility index (Phi) is 9.95. The Morgan fingerprint density at radius 1 is 0.935 bits per heavy atom. The summed E-state index contributed by atoms with van der Waals surface area (Å²) in [5.74, 6) is 2.33. The summed E-state index contributed by atoms with van der Waals surface area (Å²) < 4.78 is 11.7. The van der Waals surface area contributed by atoms with Crippen LogP contribution in [0.25, 0.3) is 11.1 Å². The largest absolute Gasteiger partial charge is 0.494 e. The predicted octanol–water partition coefficient (Wildman–Crippen LogP) is 5.55. The topological polar surface area (TPSA) is 95.1 Å². The molecule has 2 aliphatic heterocycles. The summed E-state index contributed by atoms with van der Waals surface area (Å²) in [4.78, 5) is 28.8. The van der Waals surface area contributed by atoms with Crippen molar-refractivity contribution < 1.29 is 14.3 Å². The molecule has 2 aliphatic rings. The van der Waals surface area contributed by atoms with E-state index in [1.165, 1.54) is 25.9 Å². The van der Waals surface area contributed by atoms with Gasteiger partial charge in [-0.1, -0.05) is 36.4 Å². The lowest BCUT2D eigenvalue weighted by atomic mass is 10.0. The quantitative estimate of drug-likeness (QED) is 0.208. The minimum absolute atomic E-state index is 0.381. The van der Waals surface area contributed by atoms with Crippen LogP contribution in [0.3, 0.4) is 0 Å². The van der Waals surface area contributed by atoms with Gasteiger partial charge in [0.25, 0.3) is 0 Å². The number of likely N-dealkylation sites (N-methyl/N-ethyl adjacent to an activating group) is 1. The third-order valence-corrected chi connectivity index (χ3v) is 9.03. The molecule has 3 heterocycles. The highest BCUT2D eigenvalue weighted by molar-refractivity contribution is 5.85. The highest BCUT2D eigenvalue weighted by atomic mass is 16.5. The second kappa shape index (κ2) is 14.6. The molecule has 0 atom stereocenters. The predicted molar refractivity (Wildman–Crippen MR) is 184 cm³/mol. The maximum absolute atomic E-state index is 12.0. The van der Waals surface area contributed by atoms with Gasteiger partial charge < -0.3 is 29.9 Å². The normalized spacial score (nSPS) is 16.2. The van der Waals surface area contributed by atoms with Gasteiger partial charge in [0, 0.05) is 75.9 Å². The first-order chi connectivity index (χ1) is 22.5. The summed E-state index contributed by atoms with van der Waals surface area (Å²) in [5.41, 5.74) is 5.03. The van der Waals surface area contributed by atoms with Gasteiger partial charge in [-0.15, -0.1) is 0 Å². The number of rotatable bonds is 11. The Hall–Kier alpha value is -4.67. The number of hydrogen-bond acceptors (Lipinski definition) is 10. The first-order valence-corrected chi connectivity index (χ1v) is 16.0. The SMILES string of the molecule is CNc1nc(Nc2ccc(N3CCC(N4CCN(C)CC4)CC3)cc2OC)ncc1-c1ccc(OCc2ccccc2)c(C=O)c1. The number of methoxy groups -OCH3 is 1. The zero-order valence-corrected chi connectivity index (χ0v) is 26.9. The molecule has 46 heavy (non-hydrogen) atoms. The highest BCUT2D eigenvalue weighted by Gasteiger charge is 2.27. The number of nitrogens with one attached hydrogen (secondary N) is 2. The number of aromatic nitrogens is 2. The molecule has 0 spiro atoms. The fraction of sp³-hybridized carbons (Fsp3) is 0.361. The van der Waals surface area contributed by atoms with Gasteiger partial charge in [0.1, 0.15) is 23.9 Å². The minimum atomic E-state index is 0.381. The molecule has 10 nitrogen and oxygen atoms in total. The molecule has 0 radical (unpaired) electrons. The molecule has 2 fully saturated rings. The maximum Gasteiger partial charge on any atom is 0.229 e. The van der Waals surface area contributed by atoms with E-state index in [0.717, 1.165) is 66.3 Å². The van der Waals surface area contributed by atoms with Crippen molar-refractivity contribution >= 4 is 29.4 Å². The van der Waals surface area contributed by atoms with Crippen molar-refractivity contribution in [1.29, 1.82) is 0 Å². The van der Waals surface area contributed by atoms with Crippen LogP contribution >= 0.6 is 0 Å². The van der Waals surface area contributed by atoms with Crippen molar-refractivity contribution in [1.82, 2.24) is 19.8 Å². The van der Waals surface area contributed by atoms with Crippen molar-refractivity contribution in [3.8, 4) is 22.6 Å². The third kappa shape index (κ3) is 7.24. The lowest BCUT2D eigenvalue weighted by Crippen LogP contribution is -2.52. The molecule has 0 amide bonds. The number of benzene rings is 3. The monoisotopic (exact) mass is 621 g/mol. The maximum atomic E-state index is 12.0. The molecule has 2 saturated heterocycles. The Balaban J connectivity index is 1.12. The minimum Gasteiger partial charge on any atom is -0.494 e. The number of ether oxygens (including phenoxy) is 2. The van der Waals surface area contributed by atoms with Crippen molar-refractivity contribution in [2.45, 2.75) is 25.5 Å². The first kappa shape index (κ1) is 31.3. The van der Waals surface area contributed by atoms with Gasteiger partial charge in [-0.05, 0) is 55.3 Å². The standard InChI is InChI=1S/C36H43N7O3/c1-37-35-31(27-9-12-33(28(21-27)24-44)46-25-26-7-5-4-6-8-26)23-38-36(40-35)39-32-11-10-30(22-34(32)45-3)42-15-13-29(14-16-42)43-19-17-41(2)18-20-43/h4-12,21-24,29H,13-20,25H2,1-3H3,(H2,37,38,39,40). The van der Waals surface area contributed by atoms with Crippen molar-refractivity contribution in [2.75, 3.05) is 76.0 Å². The van der Waals surface area contributed by atoms with E-state index in [4.69, 9.17) is 14.5 Å². The zero-order chi connectivity index (χ0) is 31.9. The van der Waals surface area contributed by atoms with Gasteiger partial charge in [0.2, 0.25) is 5.95 Å². The molecule has 0 saturated carbocycles. The van der Waals surface area contributed by atoms with Crippen molar-refractivity contribution in [3.63, 3.8) is 0 Å². The number of carbonyl (C=O) groups is 1. The van der Waals surface area contributed by atoms with Crippen LogP contribution in [-0.2, 0) is 6.61 Å². The van der Waals surface area contributed by atoms with Gasteiger partial charge in [-0.3, -0.25) is 9.69 Å². The number of aldehydes is 1. The molecule has 6 rings (SSSR count). The van der Waals surface area contributed by atoms with Crippen LogP contribution in [0.1, 0.15) is 28.8 Å². The van der Waals surface area contributed by atoms with E-state index in [1.54, 1.807) is 19.4 Å². The molecule has 0 unspecified atom stereocenters. The van der Waals surface area contributed by atoms with Crippen LogP contribution in [-0.4, -0.2) is 92.6 Å². The average molecular weight is 622 g/mol. The fourth-order valence-corrected chi connectivity index (χ4v) is 6.30. The van der Waals surface area contributed by atoms with Crippen LogP contribution in [0.15, 0.2) is 72.9 Å². The lowest BCUT2D eigenvalue weighted by Gasteiger charge is -2.42. The van der Waals surface area contributed by atoms with Gasteiger partial charge >= 0.3 is 0 Å². The Morgan fingerprint density at radius 3 is 2.43 bits per heavy atom. The Bertz CT molecular complexity index is 1620. The molecular weight excluding hydrogens is 578 g/mol. The van der Waals surface area contributed by atoms with Crippen LogP contribution in [0.2, 0.25) is 0 Å². The van der Waals surface area contributed by atoms with E-state index in [0.29, 0.717) is 35.7 Å². The third-order valence-electron chi connectivity index (χ3n) is 9.03. The zero-order valence-electron chi connectivity index (χ0n) is 26.9. The summed E-state index contributed by atoms with van der Waals surface area (Å²) in [7, 11) is 5.71. The smallest absolute Gasteiger partial charge is 0.229 e. The molecule has 3 aromatic carbocycles. The van der Waals surface area contributed by atoms with Crippen LogP contribution in [0.4, 0.5) is 23.1 Å². The van der Waals surface area contributed by atoms with Crippen LogP contribution < -0.4 is 25.0 Å². The van der Waals surface area contributed by atoms with E-state index in [2.05, 4.69) is 49.5 Å². The van der Waals surface area contributed by atoms with Crippen LogP contribution in [0.5, 0.6) is 11.5 Å².